The summed E-state index contributed by atoms with van der Waals surface area (Å²) in [6, 6.07) is 0. The summed E-state index contributed by atoms with van der Waals surface area (Å²) in [4.78, 5) is 37.9. The summed E-state index contributed by atoms with van der Waals surface area (Å²) in [7, 11) is 0. The van der Waals surface area contributed by atoms with Crippen LogP contribution in [0.2, 0.25) is 0 Å². The maximum Gasteiger partial charge on any atom is 0.377 e. The average molecular weight is 310 g/mol. The van der Waals surface area contributed by atoms with E-state index < -0.39 is 11.9 Å². The van der Waals surface area contributed by atoms with Gasteiger partial charge in [0.1, 0.15) is 12.2 Å². The third-order valence-electron chi connectivity index (χ3n) is 3.79. The molecule has 0 bridgehead atoms. The highest BCUT2D eigenvalue weighted by molar-refractivity contribution is 5.96. The van der Waals surface area contributed by atoms with Crippen molar-refractivity contribution in [1.29, 1.82) is 0 Å². The van der Waals surface area contributed by atoms with E-state index in [0.717, 1.165) is 0 Å². The zero-order chi connectivity index (χ0) is 16.1. The van der Waals surface area contributed by atoms with Crippen LogP contribution in [-0.2, 0) is 14.3 Å². The molecule has 0 aliphatic heterocycles. The molecule has 1 aromatic rings. The second kappa shape index (κ2) is 7.15. The fourth-order valence-corrected chi connectivity index (χ4v) is 2.65. The smallest absolute Gasteiger partial charge is 0.377 e. The molecule has 1 aliphatic rings. The highest BCUT2D eigenvalue weighted by atomic mass is 16.5. The molecule has 0 radical (unpaired) electrons. The molecule has 1 N–H and O–H groups in total. The number of ether oxygens (including phenoxy) is 1. The zero-order valence-electron chi connectivity index (χ0n) is 12.3. The largest absolute Gasteiger partial charge is 0.475 e. The highest BCUT2D eigenvalue weighted by Gasteiger charge is 2.31. The Labute approximate surface area is 126 Å². The third kappa shape index (κ3) is 3.90. The van der Waals surface area contributed by atoms with Gasteiger partial charge in [-0.15, -0.1) is 0 Å². The van der Waals surface area contributed by atoms with E-state index in [-0.39, 0.29) is 36.5 Å². The second-order valence-corrected chi connectivity index (χ2v) is 5.26. The van der Waals surface area contributed by atoms with E-state index in [2.05, 4.69) is 10.1 Å². The Bertz CT molecular complexity index is 559. The van der Waals surface area contributed by atoms with E-state index in [9.17, 15) is 14.4 Å². The molecule has 0 aromatic carbocycles. The lowest BCUT2D eigenvalue weighted by atomic mass is 9.79. The van der Waals surface area contributed by atoms with Gasteiger partial charge in [0.05, 0.1) is 6.61 Å². The molecule has 1 aliphatic carbocycles. The van der Waals surface area contributed by atoms with Crippen molar-refractivity contribution >= 4 is 17.7 Å². The van der Waals surface area contributed by atoms with Crippen LogP contribution in [0, 0.1) is 5.92 Å². The molecule has 1 aromatic heterocycles. The molecule has 8 heteroatoms. The van der Waals surface area contributed by atoms with Gasteiger partial charge in [0.25, 0.3) is 5.82 Å². The van der Waals surface area contributed by atoms with Gasteiger partial charge < -0.3 is 14.4 Å². The number of carbonyl (C=O) groups excluding carboxylic acids is 2. The number of ketones is 1. The van der Waals surface area contributed by atoms with Gasteiger partial charge in [0.15, 0.2) is 0 Å². The van der Waals surface area contributed by atoms with Crippen LogP contribution in [0.5, 0.6) is 0 Å². The van der Waals surface area contributed by atoms with E-state index in [0.29, 0.717) is 31.6 Å². The molecular weight excluding hydrogens is 292 g/mol. The summed E-state index contributed by atoms with van der Waals surface area (Å²) in [6.45, 7) is 1.96. The molecular formula is C14H18N2O6. The summed E-state index contributed by atoms with van der Waals surface area (Å²) in [6.07, 6.45) is 2.36. The summed E-state index contributed by atoms with van der Waals surface area (Å²) < 4.78 is 9.73. The number of nitrogens with zero attached hydrogens (tertiary/aromatic N) is 2. The molecule has 0 unspecified atom stereocenters. The van der Waals surface area contributed by atoms with Crippen LogP contribution >= 0.6 is 0 Å². The fraction of sp³-hybridized carbons (Fsp3) is 0.643. The van der Waals surface area contributed by atoms with E-state index in [4.69, 9.17) is 14.4 Å². The van der Waals surface area contributed by atoms with Gasteiger partial charge in [-0.2, -0.15) is 4.98 Å². The normalized spacial score (nSPS) is 21.3. The number of carboxylic acids is 1. The Morgan fingerprint density at radius 3 is 2.50 bits per heavy atom. The number of carboxylic acid groups (broad SMARTS) is 1. The van der Waals surface area contributed by atoms with Crippen molar-refractivity contribution in [3.05, 3.63) is 11.7 Å². The Balaban J connectivity index is 1.85. The molecule has 22 heavy (non-hydrogen) atoms. The molecule has 120 valence electrons. The van der Waals surface area contributed by atoms with Crippen LogP contribution in [0.25, 0.3) is 0 Å². The van der Waals surface area contributed by atoms with Crippen molar-refractivity contribution in [1.82, 2.24) is 10.1 Å². The number of Topliss-reactive ketones (excluding diaryl/α,β-unsaturated/α-hetero) is 1. The summed E-state index contributed by atoms with van der Waals surface area (Å²) in [5, 5.41) is 12.2. The maximum absolute atomic E-state index is 12.0. The monoisotopic (exact) mass is 310 g/mol. The van der Waals surface area contributed by atoms with Gasteiger partial charge in [0, 0.05) is 11.8 Å². The minimum Gasteiger partial charge on any atom is -0.475 e. The van der Waals surface area contributed by atoms with Gasteiger partial charge in [-0.25, -0.2) is 4.79 Å². The Morgan fingerprint density at radius 2 is 1.95 bits per heavy atom. The fourth-order valence-electron chi connectivity index (χ4n) is 2.65. The average Bonchev–Trinajstić information content (AvgIpc) is 2.97. The van der Waals surface area contributed by atoms with Crippen LogP contribution in [0.1, 0.15) is 61.5 Å². The van der Waals surface area contributed by atoms with Crippen molar-refractivity contribution in [3.8, 4) is 0 Å². The van der Waals surface area contributed by atoms with Gasteiger partial charge >= 0.3 is 11.9 Å². The summed E-state index contributed by atoms with van der Waals surface area (Å²) in [5.74, 6) is -2.07. The zero-order valence-corrected chi connectivity index (χ0v) is 12.3. The van der Waals surface area contributed by atoms with Crippen LogP contribution < -0.4 is 0 Å². The second-order valence-electron chi connectivity index (χ2n) is 5.26. The predicted octanol–water partition coefficient (Wildman–Crippen LogP) is 1.56. The molecule has 0 atom stereocenters. The van der Waals surface area contributed by atoms with Crippen molar-refractivity contribution in [2.24, 2.45) is 5.92 Å². The number of hydrogen-bond donors (Lipinski definition) is 1. The van der Waals surface area contributed by atoms with Crippen molar-refractivity contribution < 1.29 is 28.8 Å². The maximum atomic E-state index is 12.0. The predicted molar refractivity (Wildman–Crippen MR) is 72.2 cm³/mol. The van der Waals surface area contributed by atoms with Crippen LogP contribution in [0.15, 0.2) is 4.52 Å². The first-order valence-corrected chi connectivity index (χ1v) is 7.26. The number of esters is 1. The number of rotatable bonds is 6. The number of hydrogen-bond acceptors (Lipinski definition) is 7. The molecule has 1 heterocycles. The summed E-state index contributed by atoms with van der Waals surface area (Å²) in [5.41, 5.74) is 0. The van der Waals surface area contributed by atoms with Crippen molar-refractivity contribution in [3.63, 3.8) is 0 Å². The number of aromatic nitrogens is 2. The Kier molecular flexibility index (Phi) is 5.24. The quantitative estimate of drug-likeness (QED) is 0.621. The molecule has 1 fully saturated rings. The SMILES string of the molecule is CCOC(=O)CC(=O)C1CCC(c2nc(C(=O)O)no2)CC1. The standard InChI is InChI=1S/C14H18N2O6/c1-2-21-11(18)7-10(17)8-3-5-9(6-4-8)13-15-12(14(19)20)16-22-13/h8-9H,2-7H2,1H3,(H,19,20). The molecule has 0 saturated heterocycles. The first-order valence-electron chi connectivity index (χ1n) is 7.26. The molecule has 2 rings (SSSR count). The summed E-state index contributed by atoms with van der Waals surface area (Å²) >= 11 is 0. The van der Waals surface area contributed by atoms with Gasteiger partial charge in [0.2, 0.25) is 5.89 Å². The lowest BCUT2D eigenvalue weighted by molar-refractivity contribution is -0.146. The van der Waals surface area contributed by atoms with Gasteiger partial charge in [-0.1, -0.05) is 0 Å². The highest BCUT2D eigenvalue weighted by Crippen LogP contribution is 2.35. The van der Waals surface area contributed by atoms with Crippen molar-refractivity contribution in [2.75, 3.05) is 6.61 Å². The van der Waals surface area contributed by atoms with E-state index in [1.165, 1.54) is 0 Å². The van der Waals surface area contributed by atoms with E-state index in [1.54, 1.807) is 6.92 Å². The lowest BCUT2D eigenvalue weighted by Gasteiger charge is -2.25. The van der Waals surface area contributed by atoms with Crippen LogP contribution in [0.4, 0.5) is 0 Å². The van der Waals surface area contributed by atoms with E-state index in [1.807, 2.05) is 0 Å². The lowest BCUT2D eigenvalue weighted by Crippen LogP contribution is -2.24. The van der Waals surface area contributed by atoms with Crippen LogP contribution in [0.3, 0.4) is 0 Å². The van der Waals surface area contributed by atoms with E-state index >= 15 is 0 Å². The Morgan fingerprint density at radius 1 is 1.27 bits per heavy atom. The molecule has 1 saturated carbocycles. The minimum absolute atomic E-state index is 0.0350. The van der Waals surface area contributed by atoms with Crippen molar-refractivity contribution in [2.45, 2.75) is 44.9 Å². The first-order chi connectivity index (χ1) is 10.5. The van der Waals surface area contributed by atoms with Crippen LogP contribution in [-0.4, -0.2) is 39.6 Å². The van der Waals surface area contributed by atoms with Gasteiger partial charge in [-0.05, 0) is 37.8 Å². The van der Waals surface area contributed by atoms with Gasteiger partial charge in [-0.3, -0.25) is 9.59 Å². The number of carbonyl (C=O) groups is 3. The molecule has 0 spiro atoms. The first kappa shape index (κ1) is 16.1. The topological polar surface area (TPSA) is 120 Å². The third-order valence-corrected chi connectivity index (χ3v) is 3.79. The minimum atomic E-state index is -1.23. The molecule has 0 amide bonds. The molecule has 8 nitrogen and oxygen atoms in total. The number of aromatic carboxylic acids is 1. The Hall–Kier alpha value is -2.25.